The summed E-state index contributed by atoms with van der Waals surface area (Å²) in [5.74, 6) is 0.143. The van der Waals surface area contributed by atoms with E-state index in [0.29, 0.717) is 38.9 Å². The molecule has 0 unspecified atom stereocenters. The molecule has 7 nitrogen and oxygen atoms in total. The van der Waals surface area contributed by atoms with Crippen LogP contribution in [0.2, 0.25) is 5.15 Å². The van der Waals surface area contributed by atoms with Crippen LogP contribution in [0.3, 0.4) is 0 Å². The maximum atomic E-state index is 13.5. The third-order valence-corrected chi connectivity index (χ3v) is 7.23. The zero-order valence-electron chi connectivity index (χ0n) is 20.0. The number of sulfone groups is 1. The zero-order chi connectivity index (χ0) is 27.2. The maximum absolute atomic E-state index is 13.5. The van der Waals surface area contributed by atoms with Crippen molar-refractivity contribution in [2.24, 2.45) is 0 Å². The lowest BCUT2D eigenvalue weighted by Gasteiger charge is -2.16. The number of alkyl halides is 3. The first-order chi connectivity index (χ1) is 17.9. The van der Waals surface area contributed by atoms with Gasteiger partial charge in [-0.25, -0.2) is 23.1 Å². The summed E-state index contributed by atoms with van der Waals surface area (Å²) in [5, 5.41) is 4.69. The Labute approximate surface area is 221 Å². The monoisotopic (exact) mass is 557 g/mol. The fraction of sp³-hybridized carbons (Fsp3) is 0.115. The molecule has 0 amide bonds. The average Bonchev–Trinajstić information content (AvgIpc) is 3.51. The molecule has 2 aromatic carbocycles. The van der Waals surface area contributed by atoms with Gasteiger partial charge in [0, 0.05) is 18.0 Å². The number of hydrogen-bond donors (Lipinski definition) is 0. The first kappa shape index (κ1) is 25.7. The Hall–Kier alpha value is -3.96. The minimum Gasteiger partial charge on any atom is -0.303 e. The molecular weight excluding hydrogens is 539 g/mol. The van der Waals surface area contributed by atoms with Gasteiger partial charge in [-0.1, -0.05) is 29.8 Å². The largest absolute Gasteiger partial charge is 0.434 e. The van der Waals surface area contributed by atoms with Crippen LogP contribution in [-0.4, -0.2) is 39.0 Å². The molecule has 38 heavy (non-hydrogen) atoms. The molecule has 12 heteroatoms. The first-order valence-electron chi connectivity index (χ1n) is 11.2. The van der Waals surface area contributed by atoms with Gasteiger partial charge in [-0.2, -0.15) is 18.3 Å². The van der Waals surface area contributed by atoms with Crippen LogP contribution in [0.25, 0.3) is 33.8 Å². The van der Waals surface area contributed by atoms with E-state index in [0.717, 1.165) is 12.5 Å². The van der Waals surface area contributed by atoms with Crippen LogP contribution in [0.1, 0.15) is 11.5 Å². The van der Waals surface area contributed by atoms with Crippen LogP contribution < -0.4 is 0 Å². The number of nitrogens with zero attached hydrogens (tertiary/aromatic N) is 5. The minimum absolute atomic E-state index is 0.143. The minimum atomic E-state index is -4.61. The van der Waals surface area contributed by atoms with E-state index in [9.17, 15) is 21.6 Å². The summed E-state index contributed by atoms with van der Waals surface area (Å²) in [6.07, 6.45) is 0.551. The number of pyridine rings is 1. The van der Waals surface area contributed by atoms with Gasteiger partial charge >= 0.3 is 6.18 Å². The van der Waals surface area contributed by atoms with Crippen LogP contribution in [0.15, 0.2) is 84.1 Å². The number of imidazole rings is 1. The van der Waals surface area contributed by atoms with Gasteiger partial charge in [0.1, 0.15) is 11.0 Å². The second-order valence-corrected chi connectivity index (χ2v) is 10.9. The lowest BCUT2D eigenvalue weighted by atomic mass is 9.99. The summed E-state index contributed by atoms with van der Waals surface area (Å²) in [4.78, 5) is 7.97. The molecule has 0 N–H and O–H groups in total. The van der Waals surface area contributed by atoms with E-state index < -0.39 is 21.7 Å². The zero-order valence-corrected chi connectivity index (χ0v) is 21.6. The molecule has 0 aliphatic heterocycles. The number of hydrogen-bond acceptors (Lipinski definition) is 5. The van der Waals surface area contributed by atoms with Gasteiger partial charge in [-0.05, 0) is 60.5 Å². The average molecular weight is 558 g/mol. The fourth-order valence-electron chi connectivity index (χ4n) is 4.10. The Morgan fingerprint density at radius 2 is 1.74 bits per heavy atom. The Balaban J connectivity index is 1.75. The van der Waals surface area contributed by atoms with Gasteiger partial charge < -0.3 is 4.57 Å². The number of halogens is 4. The highest BCUT2D eigenvalue weighted by Gasteiger charge is 2.34. The van der Waals surface area contributed by atoms with E-state index in [4.69, 9.17) is 11.6 Å². The smallest absolute Gasteiger partial charge is 0.303 e. The fourth-order valence-corrected chi connectivity index (χ4v) is 4.88. The normalized spacial score (nSPS) is 12.2. The van der Waals surface area contributed by atoms with E-state index in [1.807, 2.05) is 0 Å². The predicted octanol–water partition coefficient (Wildman–Crippen LogP) is 6.17. The molecule has 0 bridgehead atoms. The summed E-state index contributed by atoms with van der Waals surface area (Å²) >= 11 is 5.94. The summed E-state index contributed by atoms with van der Waals surface area (Å²) in [5.41, 5.74) is 2.38. The van der Waals surface area contributed by atoms with Crippen molar-refractivity contribution in [1.29, 1.82) is 0 Å². The highest BCUT2D eigenvalue weighted by molar-refractivity contribution is 7.90. The quantitative estimate of drug-likeness (QED) is 0.241. The number of benzene rings is 2. The predicted molar refractivity (Wildman–Crippen MR) is 137 cm³/mol. The second-order valence-electron chi connectivity index (χ2n) is 8.54. The highest BCUT2D eigenvalue weighted by Crippen LogP contribution is 2.36. The molecular formula is C26H19ClF3N5O2S. The molecule has 0 radical (unpaired) electrons. The third-order valence-electron chi connectivity index (χ3n) is 5.90. The van der Waals surface area contributed by atoms with Gasteiger partial charge in [-0.3, -0.25) is 0 Å². The standard InChI is InChI=1S/C26H19ClF3N5O2S/c1-16-33-24(26(28,29)30)15-34(16)22-8-6-18(17-4-3-5-20(12-17)38(2,36)37)13-21(22)23-10-11-32-35(23)19-7-9-25(27)31-14-19/h3-15H,1-2H3. The van der Waals surface area contributed by atoms with Gasteiger partial charge in [0.05, 0.1) is 34.4 Å². The van der Waals surface area contributed by atoms with Crippen LogP contribution in [-0.2, 0) is 16.0 Å². The molecule has 5 rings (SSSR count). The van der Waals surface area contributed by atoms with Crippen molar-refractivity contribution in [2.45, 2.75) is 18.0 Å². The Kier molecular flexibility index (Phi) is 6.36. The molecule has 194 valence electrons. The van der Waals surface area contributed by atoms with Crippen molar-refractivity contribution in [3.05, 3.63) is 95.9 Å². The van der Waals surface area contributed by atoms with Crippen molar-refractivity contribution in [2.75, 3.05) is 6.26 Å². The summed E-state index contributed by atoms with van der Waals surface area (Å²) < 4.78 is 67.6. The maximum Gasteiger partial charge on any atom is 0.434 e. The number of rotatable bonds is 5. The molecule has 0 saturated heterocycles. The van der Waals surface area contributed by atoms with E-state index in [-0.39, 0.29) is 10.7 Å². The highest BCUT2D eigenvalue weighted by atomic mass is 35.5. The van der Waals surface area contributed by atoms with Crippen LogP contribution in [0, 0.1) is 6.92 Å². The van der Waals surface area contributed by atoms with Gasteiger partial charge in [0.25, 0.3) is 0 Å². The molecule has 0 fully saturated rings. The van der Waals surface area contributed by atoms with Crippen molar-refractivity contribution in [3.8, 4) is 33.8 Å². The third kappa shape index (κ3) is 4.94. The van der Waals surface area contributed by atoms with E-state index in [2.05, 4.69) is 15.1 Å². The SMILES string of the molecule is Cc1nc(C(F)(F)F)cn1-c1ccc(-c2cccc(S(C)(=O)=O)c2)cc1-c1ccnn1-c1ccc(Cl)nc1. The van der Waals surface area contributed by atoms with Crippen LogP contribution >= 0.6 is 11.6 Å². The Morgan fingerprint density at radius 1 is 0.974 bits per heavy atom. The van der Waals surface area contributed by atoms with Crippen LogP contribution in [0.5, 0.6) is 0 Å². The summed E-state index contributed by atoms with van der Waals surface area (Å²) in [7, 11) is -3.45. The molecule has 5 aromatic rings. The Bertz CT molecular complexity index is 1760. The summed E-state index contributed by atoms with van der Waals surface area (Å²) in [6.45, 7) is 1.49. The molecule has 0 aliphatic rings. The van der Waals surface area contributed by atoms with Gasteiger partial charge in [-0.15, -0.1) is 0 Å². The van der Waals surface area contributed by atoms with E-state index in [1.165, 1.54) is 23.8 Å². The lowest BCUT2D eigenvalue weighted by molar-refractivity contribution is -0.141. The number of aryl methyl sites for hydroxylation is 1. The molecule has 0 aliphatic carbocycles. The van der Waals surface area contributed by atoms with Crippen molar-refractivity contribution < 1.29 is 21.6 Å². The van der Waals surface area contributed by atoms with Crippen molar-refractivity contribution in [1.82, 2.24) is 24.3 Å². The molecule has 3 aromatic heterocycles. The lowest BCUT2D eigenvalue weighted by Crippen LogP contribution is -2.05. The van der Waals surface area contributed by atoms with E-state index in [1.54, 1.807) is 65.5 Å². The number of aromatic nitrogens is 5. The second kappa shape index (κ2) is 9.41. The Morgan fingerprint density at radius 3 is 2.39 bits per heavy atom. The molecule has 0 atom stereocenters. The van der Waals surface area contributed by atoms with Crippen molar-refractivity contribution >= 4 is 21.4 Å². The van der Waals surface area contributed by atoms with Gasteiger partial charge in [0.15, 0.2) is 15.5 Å². The van der Waals surface area contributed by atoms with Crippen molar-refractivity contribution in [3.63, 3.8) is 0 Å². The molecule has 0 spiro atoms. The topological polar surface area (TPSA) is 82.7 Å². The summed E-state index contributed by atoms with van der Waals surface area (Å²) in [6, 6.07) is 16.7. The molecule has 0 saturated carbocycles. The first-order valence-corrected chi connectivity index (χ1v) is 13.4. The van der Waals surface area contributed by atoms with E-state index >= 15 is 0 Å². The van der Waals surface area contributed by atoms with Crippen LogP contribution in [0.4, 0.5) is 13.2 Å². The van der Waals surface area contributed by atoms with Gasteiger partial charge in [0.2, 0.25) is 0 Å². The molecule has 3 heterocycles.